The van der Waals surface area contributed by atoms with Crippen molar-refractivity contribution in [3.05, 3.63) is 63.2 Å². The maximum absolute atomic E-state index is 13.2. The number of halogens is 3. The Kier molecular flexibility index (Phi) is 5.36. The molecule has 0 radical (unpaired) electrons. The molecule has 0 aliphatic carbocycles. The van der Waals surface area contributed by atoms with E-state index in [1.807, 2.05) is 0 Å². The van der Waals surface area contributed by atoms with Crippen LogP contribution in [0.2, 0.25) is 0 Å². The van der Waals surface area contributed by atoms with Gasteiger partial charge in [0.1, 0.15) is 17.0 Å². The van der Waals surface area contributed by atoms with Crippen LogP contribution in [0, 0.1) is 10.1 Å². The molecule has 1 unspecified atom stereocenters. The number of nitro groups is 1. The second-order valence-corrected chi connectivity index (χ2v) is 7.48. The zero-order valence-electron chi connectivity index (χ0n) is 17.0. The number of non-ortho nitro benzene ring substituents is 1. The molecule has 1 atom stereocenters. The van der Waals surface area contributed by atoms with Gasteiger partial charge in [-0.1, -0.05) is 12.1 Å². The predicted molar refractivity (Wildman–Crippen MR) is 103 cm³/mol. The molecular formula is C20H16F3N3O7. The lowest BCUT2D eigenvalue weighted by Gasteiger charge is -2.24. The molecule has 2 aromatic carbocycles. The summed E-state index contributed by atoms with van der Waals surface area (Å²) in [7, 11) is 0. The van der Waals surface area contributed by atoms with Gasteiger partial charge in [0.15, 0.2) is 6.79 Å². The van der Waals surface area contributed by atoms with Gasteiger partial charge in [-0.15, -0.1) is 13.2 Å². The van der Waals surface area contributed by atoms with Crippen molar-refractivity contribution >= 4 is 17.6 Å². The molecule has 0 saturated carbocycles. The Morgan fingerprint density at radius 3 is 2.58 bits per heavy atom. The van der Waals surface area contributed by atoms with Crippen molar-refractivity contribution in [1.29, 1.82) is 0 Å². The lowest BCUT2D eigenvalue weighted by atomic mass is 9.92. The number of hydrogen-bond donors (Lipinski definition) is 1. The normalized spacial score (nSPS) is 20.2. The van der Waals surface area contributed by atoms with E-state index in [1.54, 1.807) is 0 Å². The highest BCUT2D eigenvalue weighted by molar-refractivity contribution is 6.07. The van der Waals surface area contributed by atoms with Crippen LogP contribution in [0.3, 0.4) is 0 Å². The molecule has 10 nitrogen and oxygen atoms in total. The number of benzene rings is 2. The van der Waals surface area contributed by atoms with Crippen LogP contribution in [0.15, 0.2) is 36.4 Å². The topological polar surface area (TPSA) is 120 Å². The lowest BCUT2D eigenvalue weighted by Crippen LogP contribution is -2.40. The number of nitro benzene ring substituents is 1. The number of urea groups is 1. The molecule has 1 fully saturated rings. The average Bonchev–Trinajstić information content (AvgIpc) is 2.96. The van der Waals surface area contributed by atoms with Gasteiger partial charge in [-0.3, -0.25) is 19.8 Å². The number of rotatable bonds is 5. The van der Waals surface area contributed by atoms with Gasteiger partial charge in [-0.2, -0.15) is 0 Å². The molecule has 174 valence electrons. The van der Waals surface area contributed by atoms with Crippen LogP contribution >= 0.6 is 0 Å². The van der Waals surface area contributed by atoms with Crippen LogP contribution in [0.25, 0.3) is 0 Å². The minimum absolute atomic E-state index is 0.0637. The SMILES string of the molecule is CC1(c2ccc(OC(F)(F)F)cc2)NC(=O)N(Cc2cc([N+](=O)[O-])cc3c2OCOC3)C1=O. The first-order valence-corrected chi connectivity index (χ1v) is 9.49. The quantitative estimate of drug-likeness (QED) is 0.407. The first-order chi connectivity index (χ1) is 15.5. The number of hydrogen-bond acceptors (Lipinski definition) is 7. The first kappa shape index (κ1) is 22.3. The molecule has 1 N–H and O–H groups in total. The predicted octanol–water partition coefficient (Wildman–Crippen LogP) is 3.33. The van der Waals surface area contributed by atoms with Crippen LogP contribution < -0.4 is 14.8 Å². The molecule has 3 amide bonds. The van der Waals surface area contributed by atoms with Gasteiger partial charge in [0.05, 0.1) is 18.1 Å². The van der Waals surface area contributed by atoms with Crippen LogP contribution in [-0.4, -0.2) is 34.9 Å². The number of ether oxygens (including phenoxy) is 3. The summed E-state index contributed by atoms with van der Waals surface area (Å²) in [6, 6.07) is 6.26. The van der Waals surface area contributed by atoms with Crippen LogP contribution in [-0.2, 0) is 28.2 Å². The Morgan fingerprint density at radius 2 is 1.94 bits per heavy atom. The van der Waals surface area contributed by atoms with Crippen molar-refractivity contribution < 1.29 is 41.9 Å². The molecule has 4 rings (SSSR count). The maximum atomic E-state index is 13.2. The molecule has 0 aromatic heterocycles. The Bertz CT molecular complexity index is 1140. The van der Waals surface area contributed by atoms with E-state index in [2.05, 4.69) is 10.1 Å². The van der Waals surface area contributed by atoms with Gasteiger partial charge in [0.2, 0.25) is 0 Å². The van der Waals surface area contributed by atoms with E-state index in [4.69, 9.17) is 9.47 Å². The van der Waals surface area contributed by atoms with Gasteiger partial charge >= 0.3 is 12.4 Å². The molecule has 2 aromatic rings. The van der Waals surface area contributed by atoms with Gasteiger partial charge in [-0.25, -0.2) is 4.79 Å². The number of fused-ring (bicyclic) bond motifs is 1. The van der Waals surface area contributed by atoms with Gasteiger partial charge in [0, 0.05) is 23.3 Å². The second-order valence-electron chi connectivity index (χ2n) is 7.48. The molecule has 33 heavy (non-hydrogen) atoms. The first-order valence-electron chi connectivity index (χ1n) is 9.49. The third-order valence-electron chi connectivity index (χ3n) is 5.25. The van der Waals surface area contributed by atoms with Crippen molar-refractivity contribution in [2.24, 2.45) is 0 Å². The molecule has 1 saturated heterocycles. The minimum atomic E-state index is -4.87. The summed E-state index contributed by atoms with van der Waals surface area (Å²) in [6.45, 7) is 1.05. The molecule has 2 aliphatic heterocycles. The third-order valence-corrected chi connectivity index (χ3v) is 5.25. The zero-order chi connectivity index (χ0) is 24.0. The van der Waals surface area contributed by atoms with E-state index >= 15 is 0 Å². The van der Waals surface area contributed by atoms with Gasteiger partial charge in [0.25, 0.3) is 11.6 Å². The van der Waals surface area contributed by atoms with Crippen molar-refractivity contribution in [3.8, 4) is 11.5 Å². The number of nitrogens with zero attached hydrogens (tertiary/aromatic N) is 2. The summed E-state index contributed by atoms with van der Waals surface area (Å²) in [5.41, 5.74) is -0.959. The monoisotopic (exact) mass is 467 g/mol. The summed E-state index contributed by atoms with van der Waals surface area (Å²) in [4.78, 5) is 37.4. The summed E-state index contributed by atoms with van der Waals surface area (Å²) < 4.78 is 51.6. The zero-order valence-corrected chi connectivity index (χ0v) is 17.0. The minimum Gasteiger partial charge on any atom is -0.467 e. The molecule has 13 heteroatoms. The smallest absolute Gasteiger partial charge is 0.467 e. The highest BCUT2D eigenvalue weighted by Crippen LogP contribution is 2.36. The van der Waals surface area contributed by atoms with E-state index in [1.165, 1.54) is 31.2 Å². The van der Waals surface area contributed by atoms with Crippen LogP contribution in [0.4, 0.5) is 23.7 Å². The summed E-state index contributed by atoms with van der Waals surface area (Å²) in [5.74, 6) is -0.884. The summed E-state index contributed by atoms with van der Waals surface area (Å²) >= 11 is 0. The molecule has 0 spiro atoms. The van der Waals surface area contributed by atoms with Gasteiger partial charge < -0.3 is 19.5 Å². The van der Waals surface area contributed by atoms with Gasteiger partial charge in [-0.05, 0) is 24.6 Å². The highest BCUT2D eigenvalue weighted by atomic mass is 19.4. The van der Waals surface area contributed by atoms with E-state index in [9.17, 15) is 32.9 Å². The summed E-state index contributed by atoms with van der Waals surface area (Å²) in [5, 5.41) is 13.8. The Balaban J connectivity index is 1.62. The fourth-order valence-corrected chi connectivity index (χ4v) is 3.70. The number of imide groups is 1. The summed E-state index contributed by atoms with van der Waals surface area (Å²) in [6.07, 6.45) is -4.87. The number of nitrogens with one attached hydrogen (secondary N) is 1. The lowest BCUT2D eigenvalue weighted by molar-refractivity contribution is -0.385. The van der Waals surface area contributed by atoms with Crippen molar-refractivity contribution in [2.45, 2.75) is 32.0 Å². The Labute approximate surface area is 184 Å². The van der Waals surface area contributed by atoms with E-state index < -0.39 is 34.5 Å². The number of carbonyl (C=O) groups excluding carboxylic acids is 2. The molecule has 0 bridgehead atoms. The van der Waals surface area contributed by atoms with E-state index in [0.717, 1.165) is 17.0 Å². The van der Waals surface area contributed by atoms with Crippen LogP contribution in [0.1, 0.15) is 23.6 Å². The molecule has 2 heterocycles. The third kappa shape index (κ3) is 4.26. The number of alkyl halides is 3. The van der Waals surface area contributed by atoms with Crippen LogP contribution in [0.5, 0.6) is 11.5 Å². The number of amides is 3. The Hall–Kier alpha value is -3.87. The number of carbonyl (C=O) groups is 2. The average molecular weight is 467 g/mol. The highest BCUT2D eigenvalue weighted by Gasteiger charge is 2.49. The fourth-order valence-electron chi connectivity index (χ4n) is 3.70. The fraction of sp³-hybridized carbons (Fsp3) is 0.300. The maximum Gasteiger partial charge on any atom is 0.573 e. The van der Waals surface area contributed by atoms with E-state index in [-0.39, 0.29) is 42.5 Å². The molecule has 2 aliphatic rings. The largest absolute Gasteiger partial charge is 0.573 e. The van der Waals surface area contributed by atoms with Crippen molar-refractivity contribution in [3.63, 3.8) is 0 Å². The second kappa shape index (κ2) is 7.92. The van der Waals surface area contributed by atoms with Crippen molar-refractivity contribution in [1.82, 2.24) is 10.2 Å². The van der Waals surface area contributed by atoms with Crippen molar-refractivity contribution in [2.75, 3.05) is 6.79 Å². The van der Waals surface area contributed by atoms with E-state index in [0.29, 0.717) is 5.56 Å². The molecular weight excluding hydrogens is 451 g/mol. The Morgan fingerprint density at radius 1 is 1.24 bits per heavy atom. The standard InChI is InChI=1S/C20H16F3N3O7/c1-19(13-2-4-15(5-3-13)33-20(21,22)23)17(27)25(18(28)24-19)8-11-6-14(26(29)30)7-12-9-31-10-32-16(11)12/h2-7H,8-10H2,1H3,(H,24,28).